The number of nitrogen functional groups attached to an aromatic ring is 1. The minimum atomic E-state index is -0.900. The molecule has 17 heavy (non-hydrogen) atoms. The Morgan fingerprint density at radius 3 is 2.53 bits per heavy atom. The first kappa shape index (κ1) is 17.1. The Bertz CT molecular complexity index is 529. The van der Waals surface area contributed by atoms with Crippen LogP contribution < -0.4 is 63.9 Å². The monoisotopic (exact) mass is 325 g/mol. The van der Waals surface area contributed by atoms with E-state index in [9.17, 15) is 9.18 Å². The van der Waals surface area contributed by atoms with E-state index in [2.05, 4.69) is 4.98 Å². The van der Waals surface area contributed by atoms with Crippen LogP contribution in [0.2, 0.25) is 0 Å². The van der Waals surface area contributed by atoms with E-state index in [-0.39, 0.29) is 74.1 Å². The van der Waals surface area contributed by atoms with Crippen molar-refractivity contribution in [3.8, 4) is 0 Å². The zero-order chi connectivity index (χ0) is 12.3. The average molecular weight is 326 g/mol. The van der Waals surface area contributed by atoms with Gasteiger partial charge in [0.1, 0.15) is 0 Å². The number of amides is 1. The number of fused-ring (bicyclic) bond motifs is 1. The maximum Gasteiger partial charge on any atom is 1.00 e. The zero-order valence-corrected chi connectivity index (χ0v) is 15.6. The number of nitrogens with one attached hydrogen (secondary N) is 1. The summed E-state index contributed by atoms with van der Waals surface area (Å²) >= 11 is 0.982. The standard InChI is InChI=1S/C8H6FN3OS.C2H6.Rb/c9-3-1-12-2-4-5(3)6(10)7(14-4)8(11)13;1-2;/h1-2H,(H4,10,11,13);1-2H3;/q;;+1/p-1. The molecule has 2 rings (SSSR count). The Hall–Kier alpha value is 0.115. The molecule has 1 amide bonds. The van der Waals surface area contributed by atoms with Gasteiger partial charge < -0.3 is 16.3 Å². The quantitative estimate of drug-likeness (QED) is 0.815. The van der Waals surface area contributed by atoms with Gasteiger partial charge in [0.25, 0.3) is 0 Å². The summed E-state index contributed by atoms with van der Waals surface area (Å²) in [6.07, 6.45) is 2.45. The van der Waals surface area contributed by atoms with Crippen molar-refractivity contribution in [3.63, 3.8) is 0 Å². The number of anilines is 1. The Balaban J connectivity index is 0.000000811. The minimum absolute atomic E-state index is 0. The van der Waals surface area contributed by atoms with Gasteiger partial charge in [-0.2, -0.15) is 0 Å². The minimum Gasteiger partial charge on any atom is -0.663 e. The van der Waals surface area contributed by atoms with Crippen LogP contribution in [0.4, 0.5) is 10.1 Å². The second kappa shape index (κ2) is 7.53. The van der Waals surface area contributed by atoms with Gasteiger partial charge in [0.2, 0.25) is 0 Å². The fourth-order valence-electron chi connectivity index (χ4n) is 1.20. The molecule has 0 saturated carbocycles. The molecule has 0 radical (unpaired) electrons. The van der Waals surface area contributed by atoms with Crippen LogP contribution in [0, 0.1) is 5.82 Å². The first-order valence-electron chi connectivity index (χ1n) is 4.68. The van der Waals surface area contributed by atoms with E-state index >= 15 is 0 Å². The Morgan fingerprint density at radius 1 is 1.47 bits per heavy atom. The number of nitrogens with zero attached hydrogens (tertiary/aromatic N) is 1. The van der Waals surface area contributed by atoms with Crippen molar-refractivity contribution in [1.29, 1.82) is 0 Å². The zero-order valence-electron chi connectivity index (χ0n) is 9.87. The van der Waals surface area contributed by atoms with Gasteiger partial charge in [0.15, 0.2) is 5.82 Å². The summed E-state index contributed by atoms with van der Waals surface area (Å²) in [6.45, 7) is 4.00. The van der Waals surface area contributed by atoms with Crippen molar-refractivity contribution in [2.45, 2.75) is 13.8 Å². The van der Waals surface area contributed by atoms with Crippen molar-refractivity contribution in [2.75, 3.05) is 5.73 Å². The van der Waals surface area contributed by atoms with E-state index in [1.807, 2.05) is 13.8 Å². The van der Waals surface area contributed by atoms with Gasteiger partial charge in [0.05, 0.1) is 32.8 Å². The number of hydrogen-bond donors (Lipinski definition) is 1. The van der Waals surface area contributed by atoms with Gasteiger partial charge in [-0.05, 0) is 0 Å². The van der Waals surface area contributed by atoms with Crippen molar-refractivity contribution >= 4 is 33.0 Å². The number of carbonyl (C=O) groups is 1. The molecule has 0 atom stereocenters. The fraction of sp³-hybridized carbons (Fsp3) is 0.200. The molecule has 0 aliphatic carbocycles. The number of thiophene rings is 1. The van der Waals surface area contributed by atoms with Crippen molar-refractivity contribution in [3.05, 3.63) is 28.8 Å². The topological polar surface area (TPSA) is 79.8 Å². The SMILES string of the molecule is CC.[NH-]C(=O)c1sc2cncc(F)c2c1N.[Rb+]. The van der Waals surface area contributed by atoms with Crippen LogP contribution >= 0.6 is 11.3 Å². The second-order valence-corrected chi connectivity index (χ2v) is 3.72. The van der Waals surface area contributed by atoms with E-state index in [1.165, 1.54) is 6.20 Å². The van der Waals surface area contributed by atoms with E-state index in [0.29, 0.717) is 4.70 Å². The third-order valence-electron chi connectivity index (χ3n) is 1.80. The molecule has 0 aromatic carbocycles. The van der Waals surface area contributed by atoms with Crippen LogP contribution in [0.25, 0.3) is 15.8 Å². The molecule has 2 heterocycles. The third kappa shape index (κ3) is 3.54. The Labute approximate surface area is 151 Å². The first-order chi connectivity index (χ1) is 7.61. The van der Waals surface area contributed by atoms with Gasteiger partial charge in [-0.15, -0.1) is 11.3 Å². The molecule has 0 aliphatic rings. The number of aromatic nitrogens is 1. The molecule has 0 fully saturated rings. The first-order valence-corrected chi connectivity index (χ1v) is 5.50. The van der Waals surface area contributed by atoms with Gasteiger partial charge in [-0.1, -0.05) is 13.8 Å². The second-order valence-electron chi connectivity index (χ2n) is 2.67. The van der Waals surface area contributed by atoms with Crippen LogP contribution in [0.3, 0.4) is 0 Å². The summed E-state index contributed by atoms with van der Waals surface area (Å²) in [5, 5.41) is 0.181. The van der Waals surface area contributed by atoms with E-state index in [4.69, 9.17) is 11.5 Å². The molecule has 2 aromatic heterocycles. The normalized spacial score (nSPS) is 9.12. The summed E-state index contributed by atoms with van der Waals surface area (Å²) in [6, 6.07) is 0. The number of rotatable bonds is 1. The Morgan fingerprint density at radius 2 is 2.06 bits per heavy atom. The summed E-state index contributed by atoms with van der Waals surface area (Å²) in [5.41, 5.74) is 12.5. The van der Waals surface area contributed by atoms with E-state index in [0.717, 1.165) is 17.5 Å². The molecule has 0 saturated heterocycles. The number of carbonyl (C=O) groups excluding carboxylic acids is 1. The summed E-state index contributed by atoms with van der Waals surface area (Å²) in [7, 11) is 0. The predicted molar refractivity (Wildman–Crippen MR) is 64.0 cm³/mol. The van der Waals surface area contributed by atoms with Crippen molar-refractivity contribution < 1.29 is 67.4 Å². The summed E-state index contributed by atoms with van der Waals surface area (Å²) in [5.74, 6) is -1.47. The van der Waals surface area contributed by atoms with E-state index < -0.39 is 11.7 Å². The molecule has 2 aromatic rings. The number of hydrogen-bond acceptors (Lipinski definition) is 4. The van der Waals surface area contributed by atoms with Crippen molar-refractivity contribution in [1.82, 2.24) is 4.98 Å². The third-order valence-corrected chi connectivity index (χ3v) is 2.94. The average Bonchev–Trinajstić information content (AvgIpc) is 2.60. The van der Waals surface area contributed by atoms with Crippen LogP contribution in [0.1, 0.15) is 23.5 Å². The van der Waals surface area contributed by atoms with Crippen LogP contribution in [0.5, 0.6) is 0 Å². The molecule has 0 aliphatic heterocycles. The maximum atomic E-state index is 13.2. The summed E-state index contributed by atoms with van der Waals surface area (Å²) < 4.78 is 13.7. The molecular formula is C10H11FN3ORbS. The molecule has 0 unspecified atom stereocenters. The molecule has 3 N–H and O–H groups in total. The smallest absolute Gasteiger partial charge is 0.663 e. The molecule has 4 nitrogen and oxygen atoms in total. The molecule has 0 spiro atoms. The fourth-order valence-corrected chi connectivity index (χ4v) is 2.15. The molecule has 0 bridgehead atoms. The number of halogens is 1. The van der Waals surface area contributed by atoms with E-state index in [1.54, 1.807) is 0 Å². The van der Waals surface area contributed by atoms with Crippen LogP contribution in [0.15, 0.2) is 12.4 Å². The van der Waals surface area contributed by atoms with Crippen molar-refractivity contribution in [2.24, 2.45) is 0 Å². The Kier molecular flexibility index (Phi) is 7.58. The van der Waals surface area contributed by atoms with Gasteiger partial charge in [-0.3, -0.25) is 4.98 Å². The predicted octanol–water partition coefficient (Wildman–Crippen LogP) is 0.240. The maximum absolute atomic E-state index is 13.2. The molecular weight excluding hydrogens is 315 g/mol. The van der Waals surface area contributed by atoms with Crippen LogP contribution in [-0.4, -0.2) is 10.9 Å². The van der Waals surface area contributed by atoms with Gasteiger partial charge in [-0.25, -0.2) is 4.39 Å². The van der Waals surface area contributed by atoms with Gasteiger partial charge >= 0.3 is 58.2 Å². The largest absolute Gasteiger partial charge is 1.00 e. The number of nitrogens with two attached hydrogens (primary N) is 1. The summed E-state index contributed by atoms with van der Waals surface area (Å²) in [4.78, 5) is 14.5. The number of pyridine rings is 1. The van der Waals surface area contributed by atoms with Gasteiger partial charge in [0, 0.05) is 6.20 Å². The molecule has 7 heteroatoms. The molecule has 86 valence electrons. The van der Waals surface area contributed by atoms with Crippen LogP contribution in [-0.2, 0) is 0 Å².